The first-order valence-electron chi connectivity index (χ1n) is 10.2. The van der Waals surface area contributed by atoms with Crippen LogP contribution in [-0.2, 0) is 11.2 Å². The van der Waals surface area contributed by atoms with Gasteiger partial charge in [-0.1, -0.05) is 6.07 Å². The van der Waals surface area contributed by atoms with E-state index in [1.165, 1.54) is 19.2 Å². The van der Waals surface area contributed by atoms with Gasteiger partial charge in [0.1, 0.15) is 17.3 Å². The number of aromatic amines is 1. The van der Waals surface area contributed by atoms with Gasteiger partial charge in [-0.3, -0.25) is 0 Å². The van der Waals surface area contributed by atoms with E-state index in [0.29, 0.717) is 12.1 Å². The monoisotopic (exact) mass is 418 g/mol. The smallest absolute Gasteiger partial charge is 0.356 e. The first-order chi connectivity index (χ1) is 15.0. The molecule has 1 fully saturated rings. The van der Waals surface area contributed by atoms with Crippen LogP contribution in [0.5, 0.6) is 0 Å². The van der Waals surface area contributed by atoms with Crippen molar-refractivity contribution in [2.24, 2.45) is 0 Å². The molecule has 0 atom stereocenters. The molecule has 31 heavy (non-hydrogen) atoms. The molecule has 1 N–H and O–H groups in total. The van der Waals surface area contributed by atoms with E-state index in [9.17, 15) is 13.6 Å². The van der Waals surface area contributed by atoms with Gasteiger partial charge in [0.25, 0.3) is 0 Å². The summed E-state index contributed by atoms with van der Waals surface area (Å²) in [5.74, 6) is -0.767. The van der Waals surface area contributed by atoms with Crippen LogP contribution < -0.4 is 0 Å². The minimum Gasteiger partial charge on any atom is -0.464 e. The molecule has 4 aromatic rings. The van der Waals surface area contributed by atoms with Gasteiger partial charge in [0.15, 0.2) is 0 Å². The second-order valence-corrected chi connectivity index (χ2v) is 7.86. The highest BCUT2D eigenvalue weighted by atomic mass is 19.1. The number of carbonyl (C=O) groups is 1. The predicted octanol–water partition coefficient (Wildman–Crippen LogP) is 5.76. The molecule has 1 aliphatic carbocycles. The molecule has 0 unspecified atom stereocenters. The summed E-state index contributed by atoms with van der Waals surface area (Å²) < 4.78 is 33.1. The lowest BCUT2D eigenvalue weighted by Crippen LogP contribution is -2.06. The van der Waals surface area contributed by atoms with Gasteiger partial charge in [-0.05, 0) is 84.0 Å². The molecule has 4 nitrogen and oxygen atoms in total. The molecule has 0 saturated heterocycles. The van der Waals surface area contributed by atoms with Crippen LogP contribution in [0, 0.1) is 11.6 Å². The third-order valence-corrected chi connectivity index (χ3v) is 5.73. The van der Waals surface area contributed by atoms with Crippen LogP contribution >= 0.6 is 0 Å². The third-order valence-electron chi connectivity index (χ3n) is 5.73. The number of hydrogen-bond acceptors (Lipinski definition) is 3. The largest absolute Gasteiger partial charge is 0.464 e. The van der Waals surface area contributed by atoms with E-state index in [1.54, 1.807) is 30.3 Å². The second-order valence-electron chi connectivity index (χ2n) is 7.86. The number of pyridine rings is 1. The molecule has 156 valence electrons. The highest BCUT2D eigenvalue weighted by Gasteiger charge is 2.28. The fourth-order valence-electron chi connectivity index (χ4n) is 4.02. The zero-order chi connectivity index (χ0) is 21.5. The Hall–Kier alpha value is -3.54. The molecule has 2 aromatic heterocycles. The predicted molar refractivity (Wildman–Crippen MR) is 114 cm³/mol. The Labute approximate surface area is 177 Å². The quantitative estimate of drug-likeness (QED) is 0.419. The van der Waals surface area contributed by atoms with E-state index in [-0.39, 0.29) is 23.2 Å². The number of fused-ring (bicyclic) bond motifs is 1. The summed E-state index contributed by atoms with van der Waals surface area (Å²) in [6.07, 6.45) is 2.38. The van der Waals surface area contributed by atoms with Crippen LogP contribution in [0.1, 0.15) is 46.1 Å². The van der Waals surface area contributed by atoms with Gasteiger partial charge in [0, 0.05) is 23.0 Å². The van der Waals surface area contributed by atoms with Gasteiger partial charge >= 0.3 is 5.97 Å². The lowest BCUT2D eigenvalue weighted by Gasteiger charge is -2.07. The van der Waals surface area contributed by atoms with Gasteiger partial charge in [-0.15, -0.1) is 0 Å². The third kappa shape index (κ3) is 3.69. The van der Waals surface area contributed by atoms with Crippen molar-refractivity contribution in [3.8, 4) is 11.3 Å². The summed E-state index contributed by atoms with van der Waals surface area (Å²) in [5.41, 5.74) is 4.86. The van der Waals surface area contributed by atoms with Gasteiger partial charge in [0.05, 0.1) is 12.8 Å². The van der Waals surface area contributed by atoms with Crippen LogP contribution in [0.2, 0.25) is 0 Å². The molecule has 1 saturated carbocycles. The summed E-state index contributed by atoms with van der Waals surface area (Å²) in [6.45, 7) is 0. The fraction of sp³-hybridized carbons (Fsp3) is 0.200. The van der Waals surface area contributed by atoms with Crippen LogP contribution in [0.4, 0.5) is 8.78 Å². The summed E-state index contributed by atoms with van der Waals surface area (Å²) >= 11 is 0. The van der Waals surface area contributed by atoms with Crippen molar-refractivity contribution in [1.82, 2.24) is 9.97 Å². The Balaban J connectivity index is 1.65. The maximum absolute atomic E-state index is 14.9. The van der Waals surface area contributed by atoms with Gasteiger partial charge in [0.2, 0.25) is 0 Å². The Morgan fingerprint density at radius 2 is 1.90 bits per heavy atom. The van der Waals surface area contributed by atoms with Crippen LogP contribution in [0.25, 0.3) is 22.2 Å². The molecule has 0 bridgehead atoms. The molecule has 0 spiro atoms. The SMILES string of the molecule is COC(=O)c1cccc(Cc2c(-c3ccc(F)cc3)[nH]c3cc(C4CC4)c(F)cc23)n1. The maximum atomic E-state index is 14.9. The number of ether oxygens (including phenoxy) is 1. The number of nitrogens with one attached hydrogen (secondary N) is 1. The molecule has 5 rings (SSSR count). The molecule has 0 radical (unpaired) electrons. The summed E-state index contributed by atoms with van der Waals surface area (Å²) in [6, 6.07) is 14.8. The minimum atomic E-state index is -0.514. The maximum Gasteiger partial charge on any atom is 0.356 e. The number of hydrogen-bond donors (Lipinski definition) is 1. The summed E-state index contributed by atoms with van der Waals surface area (Å²) in [4.78, 5) is 19.7. The average Bonchev–Trinajstić information content (AvgIpc) is 3.57. The Morgan fingerprint density at radius 3 is 2.61 bits per heavy atom. The number of halogens is 2. The van der Waals surface area contributed by atoms with Gasteiger partial charge in [-0.2, -0.15) is 0 Å². The van der Waals surface area contributed by atoms with E-state index >= 15 is 0 Å². The number of rotatable bonds is 5. The number of nitrogens with zero attached hydrogens (tertiary/aromatic N) is 1. The second kappa shape index (κ2) is 7.61. The normalized spacial score (nSPS) is 13.5. The number of benzene rings is 2. The Kier molecular flexibility index (Phi) is 4.77. The van der Waals surface area contributed by atoms with E-state index in [0.717, 1.165) is 46.1 Å². The van der Waals surface area contributed by atoms with Gasteiger partial charge in [-0.25, -0.2) is 18.6 Å². The molecule has 6 heteroatoms. The highest BCUT2D eigenvalue weighted by Crippen LogP contribution is 2.43. The van der Waals surface area contributed by atoms with Crippen molar-refractivity contribution in [2.45, 2.75) is 25.2 Å². The molecule has 2 aromatic carbocycles. The molecule has 0 aliphatic heterocycles. The average molecular weight is 418 g/mol. The van der Waals surface area contributed by atoms with Crippen molar-refractivity contribution in [3.05, 3.63) is 88.7 Å². The Morgan fingerprint density at radius 1 is 1.13 bits per heavy atom. The zero-order valence-electron chi connectivity index (χ0n) is 16.9. The van der Waals surface area contributed by atoms with Crippen LogP contribution in [-0.4, -0.2) is 23.0 Å². The zero-order valence-corrected chi connectivity index (χ0v) is 16.9. The lowest BCUT2D eigenvalue weighted by atomic mass is 9.99. The molecule has 1 aliphatic rings. The van der Waals surface area contributed by atoms with Crippen molar-refractivity contribution in [3.63, 3.8) is 0 Å². The number of aromatic nitrogens is 2. The summed E-state index contributed by atoms with van der Waals surface area (Å²) in [7, 11) is 1.31. The summed E-state index contributed by atoms with van der Waals surface area (Å²) in [5, 5.41) is 0.756. The van der Waals surface area contributed by atoms with Crippen molar-refractivity contribution in [1.29, 1.82) is 0 Å². The van der Waals surface area contributed by atoms with E-state index in [4.69, 9.17) is 4.74 Å². The van der Waals surface area contributed by atoms with E-state index < -0.39 is 5.97 Å². The first-order valence-corrected chi connectivity index (χ1v) is 10.2. The molecular weight excluding hydrogens is 398 g/mol. The number of H-pyrrole nitrogens is 1. The van der Waals surface area contributed by atoms with E-state index in [2.05, 4.69) is 9.97 Å². The van der Waals surface area contributed by atoms with Crippen molar-refractivity contribution >= 4 is 16.9 Å². The van der Waals surface area contributed by atoms with Crippen LogP contribution in [0.15, 0.2) is 54.6 Å². The molecule has 0 amide bonds. The topological polar surface area (TPSA) is 55.0 Å². The minimum absolute atomic E-state index is 0.211. The number of methoxy groups -OCH3 is 1. The number of carbonyl (C=O) groups excluding carboxylic acids is 1. The van der Waals surface area contributed by atoms with Gasteiger partial charge < -0.3 is 9.72 Å². The standard InChI is InChI=1S/C25H20F2N2O2/c1-31-25(30)22-4-2-3-17(28-22)11-20-19-12-21(27)18(14-5-6-14)13-23(19)29-24(20)15-7-9-16(26)10-8-15/h2-4,7-10,12-14,29H,5-6,11H2,1H3. The number of esters is 1. The lowest BCUT2D eigenvalue weighted by molar-refractivity contribution is 0.0593. The highest BCUT2D eigenvalue weighted by molar-refractivity contribution is 5.92. The molecule has 2 heterocycles. The Bertz CT molecular complexity index is 1290. The van der Waals surface area contributed by atoms with Crippen molar-refractivity contribution in [2.75, 3.05) is 7.11 Å². The van der Waals surface area contributed by atoms with E-state index in [1.807, 2.05) is 12.1 Å². The van der Waals surface area contributed by atoms with Crippen LogP contribution in [0.3, 0.4) is 0 Å². The fourth-order valence-corrected chi connectivity index (χ4v) is 4.02. The van der Waals surface area contributed by atoms with Crippen molar-refractivity contribution < 1.29 is 18.3 Å². The molecular formula is C25H20F2N2O2. The first kappa shape index (κ1) is 19.4.